The van der Waals surface area contributed by atoms with Crippen molar-refractivity contribution in [2.24, 2.45) is 0 Å². The number of benzene rings is 2. The van der Waals surface area contributed by atoms with Crippen molar-refractivity contribution in [3.63, 3.8) is 0 Å². The number of ether oxygens (including phenoxy) is 1. The zero-order valence-electron chi connectivity index (χ0n) is 19.4. The molecule has 36 heavy (non-hydrogen) atoms. The first-order valence-electron chi connectivity index (χ1n) is 11.8. The van der Waals surface area contributed by atoms with Gasteiger partial charge in [-0.15, -0.1) is 11.3 Å². The Labute approximate surface area is 212 Å². The Hall–Kier alpha value is -3.76. The van der Waals surface area contributed by atoms with Crippen molar-refractivity contribution < 1.29 is 24.2 Å². The number of hydrogen-bond acceptors (Lipinski definition) is 7. The summed E-state index contributed by atoms with van der Waals surface area (Å²) in [6, 6.07) is 15.6. The summed E-state index contributed by atoms with van der Waals surface area (Å²) in [7, 11) is 0. The summed E-state index contributed by atoms with van der Waals surface area (Å²) in [6.07, 6.45) is 0.690. The summed E-state index contributed by atoms with van der Waals surface area (Å²) in [6.45, 7) is 0.300. The summed E-state index contributed by atoms with van der Waals surface area (Å²) in [5.41, 5.74) is 2.87. The molecule has 2 atom stereocenters. The van der Waals surface area contributed by atoms with Gasteiger partial charge in [-0.1, -0.05) is 42.5 Å². The predicted octanol–water partition coefficient (Wildman–Crippen LogP) is 3.41. The molecule has 2 unspecified atom stereocenters. The van der Waals surface area contributed by atoms with Gasteiger partial charge in [0.05, 0.1) is 11.8 Å². The van der Waals surface area contributed by atoms with Crippen LogP contribution in [0.5, 0.6) is 0 Å². The third-order valence-corrected chi connectivity index (χ3v) is 6.92. The van der Waals surface area contributed by atoms with Gasteiger partial charge in [-0.2, -0.15) is 0 Å². The van der Waals surface area contributed by atoms with E-state index in [0.29, 0.717) is 22.4 Å². The second kappa shape index (κ2) is 10.5. The first-order valence-corrected chi connectivity index (χ1v) is 12.7. The normalized spacial score (nSPS) is 19.1. The maximum Gasteiger partial charge on any atom is 0.410 e. The molecule has 2 fully saturated rings. The number of amides is 3. The molecule has 0 radical (unpaired) electrons. The summed E-state index contributed by atoms with van der Waals surface area (Å²) in [5, 5.41) is 18.2. The average molecular weight is 507 g/mol. The highest BCUT2D eigenvalue weighted by molar-refractivity contribution is 7.14. The molecule has 2 heterocycles. The van der Waals surface area contributed by atoms with E-state index in [1.807, 2.05) is 42.5 Å². The van der Waals surface area contributed by atoms with E-state index in [1.54, 1.807) is 17.5 Å². The lowest BCUT2D eigenvalue weighted by Crippen LogP contribution is -2.47. The molecule has 3 N–H and O–H groups in total. The van der Waals surface area contributed by atoms with Crippen LogP contribution >= 0.6 is 11.3 Å². The van der Waals surface area contributed by atoms with Crippen LogP contribution in [-0.4, -0.2) is 57.6 Å². The van der Waals surface area contributed by atoms with Gasteiger partial charge in [-0.05, 0) is 37.0 Å². The number of nitrogens with zero attached hydrogens (tertiary/aromatic N) is 2. The minimum atomic E-state index is -1.06. The van der Waals surface area contributed by atoms with E-state index in [9.17, 15) is 19.5 Å². The smallest absolute Gasteiger partial charge is 0.410 e. The molecule has 9 nitrogen and oxygen atoms in total. The van der Waals surface area contributed by atoms with Crippen molar-refractivity contribution in [1.29, 1.82) is 0 Å². The number of likely N-dealkylation sites (tertiary alicyclic amines) is 1. The van der Waals surface area contributed by atoms with Gasteiger partial charge in [0.15, 0.2) is 5.13 Å². The third-order valence-electron chi connectivity index (χ3n) is 6.16. The number of anilines is 1. The van der Waals surface area contributed by atoms with Crippen molar-refractivity contribution >= 4 is 34.4 Å². The quantitative estimate of drug-likeness (QED) is 0.452. The topological polar surface area (TPSA) is 121 Å². The number of nitrogens with one attached hydrogen (secondary N) is 2. The average Bonchev–Trinajstić information content (AvgIpc) is 3.43. The van der Waals surface area contributed by atoms with Crippen molar-refractivity contribution in [2.75, 3.05) is 11.9 Å². The Balaban J connectivity index is 1.20. The van der Waals surface area contributed by atoms with Crippen LogP contribution in [0, 0.1) is 0 Å². The number of aromatic nitrogens is 1. The number of aliphatic hydroxyl groups excluding tert-OH is 1. The van der Waals surface area contributed by atoms with Crippen LogP contribution in [0.3, 0.4) is 0 Å². The lowest BCUT2D eigenvalue weighted by atomic mass is 10.1. The molecule has 10 heteroatoms. The predicted molar refractivity (Wildman–Crippen MR) is 134 cm³/mol. The standard InChI is InChI=1S/C26H26N4O5S/c31-21-12-13-30(26(34)35-14-16-4-2-1-3-5-16)22(21)24(33)29-25-28-20(15-36-25)17-6-8-18(9-7-17)23(32)27-19-10-11-19/h1-9,15,19,21-22,31H,10-14H2,(H,27,32)(H,28,29,33). The van der Waals surface area contributed by atoms with Crippen LogP contribution in [0.4, 0.5) is 9.93 Å². The minimum absolute atomic E-state index is 0.0808. The summed E-state index contributed by atoms with van der Waals surface area (Å²) >= 11 is 1.24. The van der Waals surface area contributed by atoms with E-state index >= 15 is 0 Å². The summed E-state index contributed by atoms with van der Waals surface area (Å²) in [4.78, 5) is 43.5. The number of hydrogen-bond donors (Lipinski definition) is 3. The van der Waals surface area contributed by atoms with Gasteiger partial charge in [0.1, 0.15) is 12.6 Å². The highest BCUT2D eigenvalue weighted by Gasteiger charge is 2.42. The second-order valence-corrected chi connectivity index (χ2v) is 9.74. The second-order valence-electron chi connectivity index (χ2n) is 8.89. The Morgan fingerprint density at radius 2 is 1.81 bits per heavy atom. The molecular weight excluding hydrogens is 480 g/mol. The third kappa shape index (κ3) is 5.55. The molecule has 0 spiro atoms. The lowest BCUT2D eigenvalue weighted by molar-refractivity contribution is -0.122. The fourth-order valence-electron chi connectivity index (χ4n) is 4.03. The molecule has 1 aliphatic carbocycles. The van der Waals surface area contributed by atoms with Gasteiger partial charge in [0, 0.05) is 29.1 Å². The van der Waals surface area contributed by atoms with E-state index < -0.39 is 24.1 Å². The number of carbonyl (C=O) groups excluding carboxylic acids is 3. The van der Waals surface area contributed by atoms with Crippen molar-refractivity contribution in [2.45, 2.75) is 44.1 Å². The first kappa shape index (κ1) is 24.0. The van der Waals surface area contributed by atoms with E-state index in [0.717, 1.165) is 24.0 Å². The number of thiazole rings is 1. The van der Waals surface area contributed by atoms with Gasteiger partial charge in [-0.25, -0.2) is 9.78 Å². The molecule has 186 valence electrons. The highest BCUT2D eigenvalue weighted by atomic mass is 32.1. The van der Waals surface area contributed by atoms with Gasteiger partial charge >= 0.3 is 6.09 Å². The molecule has 2 aliphatic rings. The van der Waals surface area contributed by atoms with Gasteiger partial charge in [0.2, 0.25) is 0 Å². The van der Waals surface area contributed by atoms with Gasteiger partial charge in [-0.3, -0.25) is 14.5 Å². The van der Waals surface area contributed by atoms with Crippen molar-refractivity contribution in [3.8, 4) is 11.3 Å². The molecule has 3 aromatic rings. The van der Waals surface area contributed by atoms with Crippen molar-refractivity contribution in [3.05, 3.63) is 71.1 Å². The zero-order valence-corrected chi connectivity index (χ0v) is 20.2. The zero-order chi connectivity index (χ0) is 25.1. The van der Waals surface area contributed by atoms with Crippen LogP contribution in [-0.2, 0) is 16.1 Å². The molecule has 1 aliphatic heterocycles. The molecule has 3 amide bonds. The Morgan fingerprint density at radius 3 is 2.53 bits per heavy atom. The molecule has 1 aromatic heterocycles. The molecule has 1 saturated heterocycles. The first-order chi connectivity index (χ1) is 17.5. The molecular formula is C26H26N4O5S. The van der Waals surface area contributed by atoms with Crippen LogP contribution in [0.1, 0.15) is 35.2 Å². The highest BCUT2D eigenvalue weighted by Crippen LogP contribution is 2.27. The Bertz CT molecular complexity index is 1240. The van der Waals surface area contributed by atoms with Crippen LogP contribution < -0.4 is 10.6 Å². The van der Waals surface area contributed by atoms with Gasteiger partial charge in [0.25, 0.3) is 11.8 Å². The molecule has 2 aromatic carbocycles. The monoisotopic (exact) mass is 506 g/mol. The maximum atomic E-state index is 13.0. The molecule has 5 rings (SSSR count). The summed E-state index contributed by atoms with van der Waals surface area (Å²) in [5.74, 6) is -0.609. The van der Waals surface area contributed by atoms with E-state index in [2.05, 4.69) is 15.6 Å². The largest absolute Gasteiger partial charge is 0.445 e. The summed E-state index contributed by atoms with van der Waals surface area (Å²) < 4.78 is 5.36. The Morgan fingerprint density at radius 1 is 1.06 bits per heavy atom. The molecule has 1 saturated carbocycles. The Kier molecular flexibility index (Phi) is 6.97. The SMILES string of the molecule is O=C(NC1CC1)c1ccc(-c2csc(NC(=O)C3C(O)CCN3C(=O)OCc3ccccc3)n2)cc1. The van der Waals surface area contributed by atoms with Gasteiger partial charge < -0.3 is 20.5 Å². The number of aliphatic hydroxyl groups is 1. The fourth-order valence-corrected chi connectivity index (χ4v) is 4.75. The van der Waals surface area contributed by atoms with E-state index in [-0.39, 0.29) is 25.5 Å². The van der Waals surface area contributed by atoms with Crippen LogP contribution in [0.15, 0.2) is 60.0 Å². The minimum Gasteiger partial charge on any atom is -0.445 e. The maximum absolute atomic E-state index is 13.0. The lowest BCUT2D eigenvalue weighted by Gasteiger charge is -2.24. The molecule has 0 bridgehead atoms. The van der Waals surface area contributed by atoms with E-state index in [4.69, 9.17) is 4.74 Å². The van der Waals surface area contributed by atoms with Crippen LogP contribution in [0.25, 0.3) is 11.3 Å². The fraction of sp³-hybridized carbons (Fsp3) is 0.308. The number of rotatable bonds is 7. The number of carbonyl (C=O) groups is 3. The van der Waals surface area contributed by atoms with Crippen LogP contribution in [0.2, 0.25) is 0 Å². The van der Waals surface area contributed by atoms with Crippen molar-refractivity contribution in [1.82, 2.24) is 15.2 Å². The van der Waals surface area contributed by atoms with E-state index in [1.165, 1.54) is 16.2 Å².